The second-order valence-electron chi connectivity index (χ2n) is 5.73. The molecule has 0 radical (unpaired) electrons. The van der Waals surface area contributed by atoms with Gasteiger partial charge in [0.2, 0.25) is 5.91 Å². The van der Waals surface area contributed by atoms with Crippen molar-refractivity contribution in [2.75, 3.05) is 13.1 Å². The first-order valence-corrected chi connectivity index (χ1v) is 6.56. The average molecular weight is 235 g/mol. The predicted octanol–water partition coefficient (Wildman–Crippen LogP) is 3.40. The molecule has 0 N–H and O–H groups in total. The van der Waals surface area contributed by atoms with Crippen molar-refractivity contribution >= 4 is 5.91 Å². The predicted molar refractivity (Wildman–Crippen MR) is 72.7 cm³/mol. The van der Waals surface area contributed by atoms with Crippen LogP contribution in [-0.2, 0) is 4.79 Å². The Bertz CT molecular complexity index is 329. The summed E-state index contributed by atoms with van der Waals surface area (Å²) in [4.78, 5) is 14.2. The fourth-order valence-electron chi connectivity index (χ4n) is 2.15. The zero-order valence-electron chi connectivity index (χ0n) is 11.8. The normalized spacial score (nSPS) is 20.1. The average Bonchev–Trinajstić information content (AvgIpc) is 2.29. The van der Waals surface area contributed by atoms with E-state index < -0.39 is 0 Å². The minimum Gasteiger partial charge on any atom is -0.339 e. The second kappa shape index (κ2) is 5.52. The van der Waals surface area contributed by atoms with Gasteiger partial charge in [0.05, 0.1) is 0 Å². The number of hydrogen-bond donors (Lipinski definition) is 0. The molecule has 96 valence electrons. The quantitative estimate of drug-likeness (QED) is 0.734. The van der Waals surface area contributed by atoms with Crippen molar-refractivity contribution in [3.63, 3.8) is 0 Å². The van der Waals surface area contributed by atoms with Gasteiger partial charge >= 0.3 is 0 Å². The van der Waals surface area contributed by atoms with Crippen LogP contribution in [-0.4, -0.2) is 23.9 Å². The number of carbonyl (C=O) groups excluding carboxylic acids is 1. The lowest BCUT2D eigenvalue weighted by molar-refractivity contribution is -0.127. The van der Waals surface area contributed by atoms with Gasteiger partial charge in [0.15, 0.2) is 0 Å². The van der Waals surface area contributed by atoms with Crippen molar-refractivity contribution in [1.29, 1.82) is 0 Å². The van der Waals surface area contributed by atoms with Gasteiger partial charge in [-0.2, -0.15) is 0 Å². The topological polar surface area (TPSA) is 20.3 Å². The molecule has 1 rings (SSSR count). The van der Waals surface area contributed by atoms with E-state index in [9.17, 15) is 4.79 Å². The van der Waals surface area contributed by atoms with Crippen molar-refractivity contribution in [2.45, 2.75) is 41.0 Å². The molecule has 0 saturated carbocycles. The van der Waals surface area contributed by atoms with E-state index in [1.807, 2.05) is 30.9 Å². The van der Waals surface area contributed by atoms with E-state index in [2.05, 4.69) is 26.8 Å². The molecule has 0 fully saturated rings. The summed E-state index contributed by atoms with van der Waals surface area (Å²) in [5.41, 5.74) is 1.18. The molecule has 0 heterocycles. The Morgan fingerprint density at radius 3 is 2.41 bits per heavy atom. The van der Waals surface area contributed by atoms with E-state index in [-0.39, 0.29) is 11.3 Å². The molecule has 1 atom stereocenters. The molecule has 2 nitrogen and oxygen atoms in total. The Balaban J connectivity index is 2.78. The lowest BCUT2D eigenvalue weighted by Gasteiger charge is -2.31. The van der Waals surface area contributed by atoms with Crippen molar-refractivity contribution in [3.05, 3.63) is 23.8 Å². The minimum absolute atomic E-state index is 0.202. The van der Waals surface area contributed by atoms with Crippen LogP contribution in [0.5, 0.6) is 0 Å². The molecule has 0 spiro atoms. The molecular formula is C15H25NO. The van der Waals surface area contributed by atoms with Crippen LogP contribution in [0.3, 0.4) is 0 Å². The maximum atomic E-state index is 12.3. The van der Waals surface area contributed by atoms with Crippen LogP contribution in [0.25, 0.3) is 0 Å². The Morgan fingerprint density at radius 1 is 1.35 bits per heavy atom. The fourth-order valence-corrected chi connectivity index (χ4v) is 2.15. The summed E-state index contributed by atoms with van der Waals surface area (Å²) in [7, 11) is 0. The monoisotopic (exact) mass is 235 g/mol. The van der Waals surface area contributed by atoms with E-state index >= 15 is 0 Å². The SMILES string of the molecule is CCN(CC)C(=O)C1=CC=CC(C(C)(C)C)C1. The summed E-state index contributed by atoms with van der Waals surface area (Å²) in [6.07, 6.45) is 7.10. The molecule has 0 aromatic carbocycles. The van der Waals surface area contributed by atoms with Crippen molar-refractivity contribution in [3.8, 4) is 0 Å². The molecular weight excluding hydrogens is 210 g/mol. The number of carbonyl (C=O) groups is 1. The van der Waals surface area contributed by atoms with Gasteiger partial charge in [-0.25, -0.2) is 0 Å². The fraction of sp³-hybridized carbons (Fsp3) is 0.667. The van der Waals surface area contributed by atoms with Crippen LogP contribution in [0.1, 0.15) is 41.0 Å². The lowest BCUT2D eigenvalue weighted by Crippen LogP contribution is -2.33. The number of hydrogen-bond acceptors (Lipinski definition) is 1. The Hall–Kier alpha value is -1.05. The van der Waals surface area contributed by atoms with Crippen molar-refractivity contribution in [2.24, 2.45) is 11.3 Å². The zero-order valence-corrected chi connectivity index (χ0v) is 11.8. The maximum absolute atomic E-state index is 12.3. The smallest absolute Gasteiger partial charge is 0.249 e. The van der Waals surface area contributed by atoms with Gasteiger partial charge in [-0.15, -0.1) is 0 Å². The summed E-state index contributed by atoms with van der Waals surface area (Å²) in [6.45, 7) is 12.3. The molecule has 1 aliphatic rings. The van der Waals surface area contributed by atoms with Gasteiger partial charge < -0.3 is 4.90 Å². The van der Waals surface area contributed by atoms with Gasteiger partial charge in [0.25, 0.3) is 0 Å². The lowest BCUT2D eigenvalue weighted by atomic mass is 9.75. The van der Waals surface area contributed by atoms with Crippen LogP contribution in [0.4, 0.5) is 0 Å². The molecule has 0 bridgehead atoms. The highest BCUT2D eigenvalue weighted by Gasteiger charge is 2.27. The summed E-state index contributed by atoms with van der Waals surface area (Å²) in [6, 6.07) is 0. The third-order valence-corrected chi connectivity index (χ3v) is 3.52. The van der Waals surface area contributed by atoms with E-state index in [0.717, 1.165) is 25.1 Å². The van der Waals surface area contributed by atoms with Crippen molar-refractivity contribution < 1.29 is 4.79 Å². The number of likely N-dealkylation sites (N-methyl/N-ethyl adjacent to an activating group) is 1. The maximum Gasteiger partial charge on any atom is 0.249 e. The van der Waals surface area contributed by atoms with E-state index in [0.29, 0.717) is 5.92 Å². The largest absolute Gasteiger partial charge is 0.339 e. The van der Waals surface area contributed by atoms with Gasteiger partial charge in [0, 0.05) is 18.7 Å². The number of amides is 1. The van der Waals surface area contributed by atoms with Crippen LogP contribution in [0.15, 0.2) is 23.8 Å². The van der Waals surface area contributed by atoms with Crippen LogP contribution in [0, 0.1) is 11.3 Å². The molecule has 1 unspecified atom stereocenters. The van der Waals surface area contributed by atoms with Crippen LogP contribution < -0.4 is 0 Å². The standard InChI is InChI=1S/C15H25NO/c1-6-16(7-2)14(17)12-9-8-10-13(11-12)15(3,4)5/h8-10,13H,6-7,11H2,1-5H3. The van der Waals surface area contributed by atoms with E-state index in [1.54, 1.807) is 0 Å². The highest BCUT2D eigenvalue weighted by molar-refractivity contribution is 5.94. The molecule has 2 heteroatoms. The molecule has 0 aromatic heterocycles. The minimum atomic E-state index is 0.202. The third-order valence-electron chi connectivity index (χ3n) is 3.52. The molecule has 17 heavy (non-hydrogen) atoms. The van der Waals surface area contributed by atoms with Gasteiger partial charge in [-0.3, -0.25) is 4.79 Å². The Labute approximate surface area is 105 Å². The number of rotatable bonds is 3. The van der Waals surface area contributed by atoms with E-state index in [4.69, 9.17) is 0 Å². The summed E-state index contributed by atoms with van der Waals surface area (Å²) in [5, 5.41) is 0. The molecule has 1 amide bonds. The second-order valence-corrected chi connectivity index (χ2v) is 5.73. The van der Waals surface area contributed by atoms with Crippen LogP contribution >= 0.6 is 0 Å². The van der Waals surface area contributed by atoms with Crippen molar-refractivity contribution in [1.82, 2.24) is 4.90 Å². The van der Waals surface area contributed by atoms with Gasteiger partial charge in [-0.05, 0) is 31.6 Å². The summed E-state index contributed by atoms with van der Waals surface area (Å²) < 4.78 is 0. The summed E-state index contributed by atoms with van der Waals surface area (Å²) in [5.74, 6) is 0.663. The third kappa shape index (κ3) is 3.45. The van der Waals surface area contributed by atoms with Gasteiger partial charge in [0.1, 0.15) is 0 Å². The number of allylic oxidation sites excluding steroid dienone is 3. The Morgan fingerprint density at radius 2 is 1.94 bits per heavy atom. The van der Waals surface area contributed by atoms with Crippen LogP contribution in [0.2, 0.25) is 0 Å². The molecule has 1 aliphatic carbocycles. The zero-order chi connectivity index (χ0) is 13.1. The summed E-state index contributed by atoms with van der Waals surface area (Å²) >= 11 is 0. The number of nitrogens with zero attached hydrogens (tertiary/aromatic N) is 1. The first-order chi connectivity index (χ1) is 7.90. The molecule has 0 aromatic rings. The van der Waals surface area contributed by atoms with E-state index in [1.165, 1.54) is 0 Å². The molecule has 0 aliphatic heterocycles. The molecule has 0 saturated heterocycles. The highest BCUT2D eigenvalue weighted by atomic mass is 16.2. The Kier molecular flexibility index (Phi) is 4.55. The van der Waals surface area contributed by atoms with Gasteiger partial charge in [-0.1, -0.05) is 39.0 Å². The first-order valence-electron chi connectivity index (χ1n) is 6.56. The first kappa shape index (κ1) is 14.0. The highest BCUT2D eigenvalue weighted by Crippen LogP contribution is 2.34.